The summed E-state index contributed by atoms with van der Waals surface area (Å²) >= 11 is 0. The average molecular weight is 390 g/mol. The van der Waals surface area contributed by atoms with Gasteiger partial charge < -0.3 is 19.7 Å². The van der Waals surface area contributed by atoms with Crippen LogP contribution in [0.3, 0.4) is 0 Å². The number of nitrogens with one attached hydrogen (secondary N) is 1. The van der Waals surface area contributed by atoms with Crippen molar-refractivity contribution >= 4 is 23.8 Å². The number of amides is 2. The SMILES string of the molecule is CCOC(=O)C1CCN(C(=O)COC(=O)C(C)NC(=O)c2ccccc2)CC1. The van der Waals surface area contributed by atoms with Crippen LogP contribution < -0.4 is 5.32 Å². The highest BCUT2D eigenvalue weighted by molar-refractivity contribution is 5.96. The van der Waals surface area contributed by atoms with Crippen LogP contribution >= 0.6 is 0 Å². The highest BCUT2D eigenvalue weighted by Gasteiger charge is 2.29. The van der Waals surface area contributed by atoms with E-state index in [0.717, 1.165) is 0 Å². The zero-order chi connectivity index (χ0) is 20.5. The number of hydrogen-bond acceptors (Lipinski definition) is 6. The van der Waals surface area contributed by atoms with Crippen molar-refractivity contribution < 1.29 is 28.7 Å². The van der Waals surface area contributed by atoms with Crippen molar-refractivity contribution in [2.24, 2.45) is 5.92 Å². The summed E-state index contributed by atoms with van der Waals surface area (Å²) < 4.78 is 10.0. The van der Waals surface area contributed by atoms with Crippen LogP contribution in [-0.2, 0) is 23.9 Å². The molecule has 8 heteroatoms. The Morgan fingerprint density at radius 3 is 2.36 bits per heavy atom. The second kappa shape index (κ2) is 10.4. The van der Waals surface area contributed by atoms with Crippen molar-refractivity contribution in [2.45, 2.75) is 32.7 Å². The van der Waals surface area contributed by atoms with E-state index in [4.69, 9.17) is 9.47 Å². The molecule has 1 unspecified atom stereocenters. The molecule has 2 amide bonds. The molecule has 1 aromatic carbocycles. The third-order valence-corrected chi connectivity index (χ3v) is 4.54. The van der Waals surface area contributed by atoms with E-state index in [1.54, 1.807) is 42.2 Å². The summed E-state index contributed by atoms with van der Waals surface area (Å²) in [5.41, 5.74) is 0.433. The van der Waals surface area contributed by atoms with E-state index in [-0.39, 0.29) is 17.8 Å². The van der Waals surface area contributed by atoms with Gasteiger partial charge in [-0.25, -0.2) is 4.79 Å². The zero-order valence-corrected chi connectivity index (χ0v) is 16.2. The normalized spacial score (nSPS) is 15.4. The molecular formula is C20H26N2O6. The molecule has 1 fully saturated rings. The summed E-state index contributed by atoms with van der Waals surface area (Å²) in [7, 11) is 0. The first-order valence-electron chi connectivity index (χ1n) is 9.39. The number of ether oxygens (including phenoxy) is 2. The van der Waals surface area contributed by atoms with E-state index in [1.807, 2.05) is 0 Å². The molecule has 28 heavy (non-hydrogen) atoms. The maximum atomic E-state index is 12.2. The van der Waals surface area contributed by atoms with Gasteiger partial charge in [0.2, 0.25) is 0 Å². The molecule has 1 saturated heterocycles. The van der Waals surface area contributed by atoms with Crippen LogP contribution in [0.15, 0.2) is 30.3 Å². The predicted molar refractivity (Wildman–Crippen MR) is 100 cm³/mol. The summed E-state index contributed by atoms with van der Waals surface area (Å²) in [6.45, 7) is 4.04. The molecule has 1 aliphatic rings. The van der Waals surface area contributed by atoms with Gasteiger partial charge in [-0.05, 0) is 38.8 Å². The van der Waals surface area contributed by atoms with Gasteiger partial charge in [0, 0.05) is 18.7 Å². The van der Waals surface area contributed by atoms with Gasteiger partial charge in [-0.1, -0.05) is 18.2 Å². The summed E-state index contributed by atoms with van der Waals surface area (Å²) in [6, 6.07) is 7.63. The van der Waals surface area contributed by atoms with Gasteiger partial charge in [0.15, 0.2) is 6.61 Å². The molecule has 8 nitrogen and oxygen atoms in total. The number of hydrogen-bond donors (Lipinski definition) is 1. The largest absolute Gasteiger partial charge is 0.466 e. The third-order valence-electron chi connectivity index (χ3n) is 4.54. The van der Waals surface area contributed by atoms with Crippen molar-refractivity contribution in [1.82, 2.24) is 10.2 Å². The number of carbonyl (C=O) groups is 4. The van der Waals surface area contributed by atoms with E-state index in [9.17, 15) is 19.2 Å². The molecule has 1 N–H and O–H groups in total. The first-order chi connectivity index (χ1) is 13.4. The third kappa shape index (κ3) is 6.07. The lowest BCUT2D eigenvalue weighted by molar-refractivity contribution is -0.155. The maximum absolute atomic E-state index is 12.2. The Kier molecular flexibility index (Phi) is 7.98. The lowest BCUT2D eigenvalue weighted by Gasteiger charge is -2.30. The highest BCUT2D eigenvalue weighted by Crippen LogP contribution is 2.18. The van der Waals surface area contributed by atoms with Gasteiger partial charge in [-0.3, -0.25) is 14.4 Å². The Balaban J connectivity index is 1.72. The molecule has 1 aliphatic heterocycles. The van der Waals surface area contributed by atoms with Crippen LogP contribution in [0.2, 0.25) is 0 Å². The van der Waals surface area contributed by atoms with Gasteiger partial charge in [0.05, 0.1) is 12.5 Å². The fourth-order valence-corrected chi connectivity index (χ4v) is 2.90. The van der Waals surface area contributed by atoms with Crippen LogP contribution in [0.1, 0.15) is 37.0 Å². The van der Waals surface area contributed by atoms with Gasteiger partial charge in [-0.2, -0.15) is 0 Å². The Bertz CT molecular complexity index is 698. The molecule has 1 atom stereocenters. The van der Waals surface area contributed by atoms with E-state index >= 15 is 0 Å². The minimum Gasteiger partial charge on any atom is -0.466 e. The van der Waals surface area contributed by atoms with E-state index in [2.05, 4.69) is 5.32 Å². The molecule has 2 rings (SSSR count). The molecule has 0 saturated carbocycles. The lowest BCUT2D eigenvalue weighted by atomic mass is 9.97. The van der Waals surface area contributed by atoms with E-state index in [1.165, 1.54) is 6.92 Å². The fraction of sp³-hybridized carbons (Fsp3) is 0.500. The number of nitrogens with zero attached hydrogens (tertiary/aromatic N) is 1. The summed E-state index contributed by atoms with van der Waals surface area (Å²) in [6.07, 6.45) is 1.06. The van der Waals surface area contributed by atoms with Crippen molar-refractivity contribution in [1.29, 1.82) is 0 Å². The zero-order valence-electron chi connectivity index (χ0n) is 16.2. The van der Waals surface area contributed by atoms with Crippen molar-refractivity contribution in [3.8, 4) is 0 Å². The monoisotopic (exact) mass is 390 g/mol. The molecule has 0 aromatic heterocycles. The second-order valence-corrected chi connectivity index (χ2v) is 6.58. The van der Waals surface area contributed by atoms with Crippen molar-refractivity contribution in [3.05, 3.63) is 35.9 Å². The summed E-state index contributed by atoms with van der Waals surface area (Å²) in [5.74, 6) is -1.82. The Hall–Kier alpha value is -2.90. The smallest absolute Gasteiger partial charge is 0.328 e. The number of piperidine rings is 1. The van der Waals surface area contributed by atoms with Crippen LogP contribution in [0, 0.1) is 5.92 Å². The van der Waals surface area contributed by atoms with Gasteiger partial charge in [0.1, 0.15) is 6.04 Å². The van der Waals surface area contributed by atoms with Crippen molar-refractivity contribution in [3.63, 3.8) is 0 Å². The van der Waals surface area contributed by atoms with E-state index in [0.29, 0.717) is 38.1 Å². The molecule has 0 bridgehead atoms. The lowest BCUT2D eigenvalue weighted by Crippen LogP contribution is -2.44. The predicted octanol–water partition coefficient (Wildman–Crippen LogP) is 1.15. The fourth-order valence-electron chi connectivity index (χ4n) is 2.90. The van der Waals surface area contributed by atoms with Crippen molar-refractivity contribution in [2.75, 3.05) is 26.3 Å². The number of carbonyl (C=O) groups excluding carboxylic acids is 4. The first-order valence-corrected chi connectivity index (χ1v) is 9.39. The number of rotatable bonds is 7. The molecule has 0 radical (unpaired) electrons. The Morgan fingerprint density at radius 1 is 1.11 bits per heavy atom. The van der Waals surface area contributed by atoms with Crippen LogP contribution in [-0.4, -0.2) is 61.0 Å². The number of esters is 2. The summed E-state index contributed by atoms with van der Waals surface area (Å²) in [5, 5.41) is 2.54. The van der Waals surface area contributed by atoms with Crippen LogP contribution in [0.25, 0.3) is 0 Å². The molecule has 1 heterocycles. The van der Waals surface area contributed by atoms with Gasteiger partial charge in [0.25, 0.3) is 11.8 Å². The first kappa shape index (κ1) is 21.4. The quantitative estimate of drug-likeness (QED) is 0.701. The molecule has 152 valence electrons. The molecular weight excluding hydrogens is 364 g/mol. The van der Waals surface area contributed by atoms with Gasteiger partial charge >= 0.3 is 11.9 Å². The molecule has 1 aromatic rings. The highest BCUT2D eigenvalue weighted by atomic mass is 16.5. The molecule has 0 aliphatic carbocycles. The number of benzene rings is 1. The van der Waals surface area contributed by atoms with Gasteiger partial charge in [-0.15, -0.1) is 0 Å². The second-order valence-electron chi connectivity index (χ2n) is 6.58. The maximum Gasteiger partial charge on any atom is 0.328 e. The minimum atomic E-state index is -0.880. The molecule has 0 spiro atoms. The Labute approximate surface area is 164 Å². The van der Waals surface area contributed by atoms with E-state index < -0.39 is 24.5 Å². The summed E-state index contributed by atoms with van der Waals surface area (Å²) in [4.78, 5) is 49.6. The Morgan fingerprint density at radius 2 is 1.75 bits per heavy atom. The van der Waals surface area contributed by atoms with Crippen LogP contribution in [0.4, 0.5) is 0 Å². The number of likely N-dealkylation sites (tertiary alicyclic amines) is 1. The standard InChI is InChI=1S/C20H26N2O6/c1-3-27-20(26)16-9-11-22(12-10-16)17(23)13-28-19(25)14(2)21-18(24)15-7-5-4-6-8-15/h4-8,14,16H,3,9-13H2,1-2H3,(H,21,24). The minimum absolute atomic E-state index is 0.195. The average Bonchev–Trinajstić information content (AvgIpc) is 2.72. The van der Waals surface area contributed by atoms with Crippen LogP contribution in [0.5, 0.6) is 0 Å². The topological polar surface area (TPSA) is 102 Å².